The molecule has 0 aliphatic carbocycles. The minimum absolute atomic E-state index is 0.000457. The summed E-state index contributed by atoms with van der Waals surface area (Å²) in [6.07, 6.45) is -2.72. The van der Waals surface area contributed by atoms with E-state index < -0.39 is 72.4 Å². The molecule has 6 aromatic carbocycles. The monoisotopic (exact) mass is 1480 g/mol. The SMILES string of the molecule is CCC(O)COc1ccc(C(C)(C)c2ccc(OCC(O)COC(=O)CCC(=O)OC)cc2)cc1.CCC(O)COc1ccc(Sc2ccc(OCC(O)COC(=O)CCC(=O)OC)cc2)cc1.CCC(O)COc1ccc(Sc2ccc(OCC(O)COC(=O)CSCC(=O)OC)cc2)cc1. The van der Waals surface area contributed by atoms with E-state index in [0.717, 1.165) is 42.5 Å². The second-order valence-electron chi connectivity index (χ2n) is 23.0. The van der Waals surface area contributed by atoms with Crippen molar-refractivity contribution in [3.05, 3.63) is 157 Å². The fourth-order valence-corrected chi connectivity index (χ4v) is 10.4. The van der Waals surface area contributed by atoms with E-state index in [4.69, 9.17) is 42.6 Å². The zero-order valence-electron chi connectivity index (χ0n) is 58.8. The van der Waals surface area contributed by atoms with Gasteiger partial charge >= 0.3 is 35.8 Å². The quantitative estimate of drug-likeness (QED) is 0.0153. The van der Waals surface area contributed by atoms with Crippen molar-refractivity contribution in [1.82, 2.24) is 0 Å². The summed E-state index contributed by atoms with van der Waals surface area (Å²) in [5, 5.41) is 58.7. The maximum Gasteiger partial charge on any atom is 0.316 e. The molecule has 0 aliphatic rings. The van der Waals surface area contributed by atoms with Crippen molar-refractivity contribution < 1.29 is 116 Å². The Balaban J connectivity index is 0.000000324. The van der Waals surface area contributed by atoms with Gasteiger partial charge in [0, 0.05) is 25.0 Å². The summed E-state index contributed by atoms with van der Waals surface area (Å²) in [4.78, 5) is 71.8. The highest BCUT2D eigenvalue weighted by Gasteiger charge is 2.24. The maximum atomic E-state index is 11.6. The standard InChI is InChI=1S/C27H36O8.C24H30O8S2.C24H30O8S/c1-5-21(28)16-33-23-10-6-19(7-11-23)27(2,3)20-8-12-24(13-9-20)34-17-22(29)18-35-26(31)15-14-25(30)32-4;1-3-17(25)12-30-19-4-8-21(9-5-19)34-22-10-6-20(7-11-22)31-13-18(26)14-32-24(28)16-33-15-23(27)29-2;1-3-17(25)14-30-19-4-8-21(9-5-19)33-22-10-6-20(7-11-22)31-15-18(26)16-32-24(28)13-12-23(27)29-2/h6-13,21-22,28-29H,5,14-18H2,1-4H3;4-11,17-18,25-26H,3,12-16H2,1-2H3;4-11,17-18,25-26H,3,12-16H2,1-2H3. The predicted molar refractivity (Wildman–Crippen MR) is 384 cm³/mol. The Morgan fingerprint density at radius 2 is 0.539 bits per heavy atom. The molecule has 0 bridgehead atoms. The minimum Gasteiger partial charge on any atom is -0.491 e. The van der Waals surface area contributed by atoms with E-state index in [-0.39, 0.29) is 102 Å². The highest BCUT2D eigenvalue weighted by atomic mass is 32.2. The number of hydrogen-bond acceptors (Lipinski definition) is 27. The second kappa shape index (κ2) is 48.6. The molecular formula is C75H96O24S3. The first-order valence-electron chi connectivity index (χ1n) is 33.0. The summed E-state index contributed by atoms with van der Waals surface area (Å²) < 4.78 is 61.6. The molecule has 558 valence electrons. The van der Waals surface area contributed by atoms with Crippen LogP contribution in [-0.2, 0) is 62.6 Å². The number of rotatable bonds is 43. The van der Waals surface area contributed by atoms with E-state index in [0.29, 0.717) is 53.8 Å². The van der Waals surface area contributed by atoms with E-state index in [2.05, 4.69) is 28.1 Å². The first-order valence-corrected chi connectivity index (χ1v) is 35.8. The van der Waals surface area contributed by atoms with Crippen LogP contribution in [0.2, 0.25) is 0 Å². The smallest absolute Gasteiger partial charge is 0.316 e. The molecule has 0 amide bonds. The lowest BCUT2D eigenvalue weighted by atomic mass is 9.78. The molecule has 6 atom stereocenters. The van der Waals surface area contributed by atoms with Crippen molar-refractivity contribution in [2.24, 2.45) is 0 Å². The van der Waals surface area contributed by atoms with Crippen LogP contribution in [-0.4, -0.2) is 195 Å². The number of carbonyl (C=O) groups excluding carboxylic acids is 6. The van der Waals surface area contributed by atoms with E-state index in [1.165, 1.54) is 21.3 Å². The molecule has 0 aromatic heterocycles. The number of aliphatic hydroxyl groups is 6. The molecule has 27 heteroatoms. The molecule has 0 heterocycles. The molecule has 0 fully saturated rings. The van der Waals surface area contributed by atoms with E-state index >= 15 is 0 Å². The molecule has 6 N–H and O–H groups in total. The molecule has 0 saturated heterocycles. The Morgan fingerprint density at radius 3 is 0.794 bits per heavy atom. The third kappa shape index (κ3) is 36.1. The van der Waals surface area contributed by atoms with Crippen molar-refractivity contribution in [2.45, 2.75) is 141 Å². The fraction of sp³-hybridized carbons (Fsp3) is 0.440. The van der Waals surface area contributed by atoms with E-state index in [1.807, 2.05) is 142 Å². The first-order chi connectivity index (χ1) is 48.9. The number of ether oxygens (including phenoxy) is 12. The molecule has 0 saturated carbocycles. The highest BCUT2D eigenvalue weighted by molar-refractivity contribution is 8.00. The van der Waals surface area contributed by atoms with Gasteiger partial charge in [-0.05, 0) is 152 Å². The summed E-state index contributed by atoms with van der Waals surface area (Å²) in [6, 6.07) is 45.5. The van der Waals surface area contributed by atoms with Crippen LogP contribution < -0.4 is 28.4 Å². The zero-order valence-corrected chi connectivity index (χ0v) is 61.3. The number of thioether (sulfide) groups is 1. The van der Waals surface area contributed by atoms with Gasteiger partial charge in [0.15, 0.2) is 0 Å². The molecular weight excluding hydrogens is 1380 g/mol. The zero-order chi connectivity index (χ0) is 74.7. The normalized spacial score (nSPS) is 12.6. The molecule has 0 radical (unpaired) electrons. The van der Waals surface area contributed by atoms with Crippen LogP contribution in [0.5, 0.6) is 34.5 Å². The van der Waals surface area contributed by atoms with Crippen molar-refractivity contribution >= 4 is 71.1 Å². The first kappa shape index (κ1) is 86.2. The number of methoxy groups -OCH3 is 3. The topological polar surface area (TPSA) is 335 Å². The Labute approximate surface area is 608 Å². The third-order valence-corrected chi connectivity index (χ3v) is 17.4. The van der Waals surface area contributed by atoms with E-state index in [9.17, 15) is 59.4 Å². The van der Waals surface area contributed by atoms with Crippen molar-refractivity contribution in [3.63, 3.8) is 0 Å². The summed E-state index contributed by atoms with van der Waals surface area (Å²) in [6.45, 7) is 10.1. The second-order valence-corrected chi connectivity index (χ2v) is 26.3. The molecule has 6 rings (SSSR count). The summed E-state index contributed by atoms with van der Waals surface area (Å²) in [7, 11) is 3.77. The van der Waals surface area contributed by atoms with Crippen molar-refractivity contribution in [1.29, 1.82) is 0 Å². The average molecular weight is 1480 g/mol. The van der Waals surface area contributed by atoms with Gasteiger partial charge < -0.3 is 87.5 Å². The molecule has 102 heavy (non-hydrogen) atoms. The van der Waals surface area contributed by atoms with Gasteiger partial charge in [-0.1, -0.05) is 82.4 Å². The average Bonchev–Trinajstić information content (AvgIpc) is 0.804. The number of esters is 6. The molecule has 24 nitrogen and oxygen atoms in total. The van der Waals surface area contributed by atoms with E-state index in [1.54, 1.807) is 47.8 Å². The highest BCUT2D eigenvalue weighted by Crippen LogP contribution is 2.35. The van der Waals surface area contributed by atoms with Gasteiger partial charge in [0.1, 0.15) is 112 Å². The lowest BCUT2D eigenvalue weighted by molar-refractivity contribution is -0.151. The summed E-state index contributed by atoms with van der Waals surface area (Å²) in [5.74, 6) is 0.858. The molecule has 6 unspecified atom stereocenters. The van der Waals surface area contributed by atoms with Crippen molar-refractivity contribution in [2.75, 3.05) is 92.3 Å². The predicted octanol–water partition coefficient (Wildman–Crippen LogP) is 9.80. The van der Waals surface area contributed by atoms with Crippen LogP contribution >= 0.6 is 35.3 Å². The van der Waals surface area contributed by atoms with Gasteiger partial charge in [-0.25, -0.2) is 0 Å². The summed E-state index contributed by atoms with van der Waals surface area (Å²) >= 11 is 4.24. The van der Waals surface area contributed by atoms with Crippen LogP contribution in [0.25, 0.3) is 0 Å². The van der Waals surface area contributed by atoms with Crippen LogP contribution in [0, 0.1) is 0 Å². The Bertz CT molecular complexity index is 3360. The minimum atomic E-state index is -0.993. The van der Waals surface area contributed by atoms with Gasteiger partial charge in [0.2, 0.25) is 0 Å². The van der Waals surface area contributed by atoms with Gasteiger partial charge in [0.25, 0.3) is 0 Å². The number of carbonyl (C=O) groups is 6. The van der Waals surface area contributed by atoms with Gasteiger partial charge in [-0.15, -0.1) is 11.8 Å². The van der Waals surface area contributed by atoms with Crippen LogP contribution in [0.1, 0.15) is 90.7 Å². The number of benzene rings is 6. The van der Waals surface area contributed by atoms with Crippen LogP contribution in [0.4, 0.5) is 0 Å². The van der Waals surface area contributed by atoms with Crippen LogP contribution in [0.15, 0.2) is 165 Å². The van der Waals surface area contributed by atoms with Crippen molar-refractivity contribution in [3.8, 4) is 34.5 Å². The Morgan fingerprint density at radius 1 is 0.314 bits per heavy atom. The largest absolute Gasteiger partial charge is 0.491 e. The van der Waals surface area contributed by atoms with Gasteiger partial charge in [0.05, 0.1) is 76.8 Å². The lowest BCUT2D eigenvalue weighted by Crippen LogP contribution is -2.25. The lowest BCUT2D eigenvalue weighted by Gasteiger charge is -2.26. The number of hydrogen-bond donors (Lipinski definition) is 6. The molecule has 0 spiro atoms. The maximum absolute atomic E-state index is 11.6. The Kier molecular flexibility index (Phi) is 41.1. The Hall–Kier alpha value is -8.25. The number of aliphatic hydroxyl groups excluding tert-OH is 6. The third-order valence-electron chi connectivity index (χ3n) is 14.5. The van der Waals surface area contributed by atoms with Crippen LogP contribution in [0.3, 0.4) is 0 Å². The molecule has 6 aromatic rings. The van der Waals surface area contributed by atoms with Gasteiger partial charge in [-0.2, -0.15) is 0 Å². The molecule has 0 aliphatic heterocycles. The fourth-order valence-electron chi connectivity index (χ4n) is 8.08. The van der Waals surface area contributed by atoms with Gasteiger partial charge in [-0.3, -0.25) is 28.8 Å². The summed E-state index contributed by atoms with van der Waals surface area (Å²) in [5.41, 5.74) is 1.93.